The summed E-state index contributed by atoms with van der Waals surface area (Å²) in [6.07, 6.45) is 2.22. The van der Waals surface area contributed by atoms with Gasteiger partial charge in [0.1, 0.15) is 16.8 Å². The Morgan fingerprint density at radius 2 is 2.10 bits per heavy atom. The maximum atomic E-state index is 14.9. The fourth-order valence-electron chi connectivity index (χ4n) is 4.81. The zero-order valence-corrected chi connectivity index (χ0v) is 15.9. The molecule has 5 nitrogen and oxygen atoms in total. The van der Waals surface area contributed by atoms with Crippen molar-refractivity contribution in [3.63, 3.8) is 0 Å². The quantitative estimate of drug-likeness (QED) is 0.641. The van der Waals surface area contributed by atoms with E-state index in [9.17, 15) is 22.8 Å². The van der Waals surface area contributed by atoms with Gasteiger partial charge in [-0.2, -0.15) is 0 Å². The number of hydrogen-bond donors (Lipinski definition) is 1. The van der Waals surface area contributed by atoms with Gasteiger partial charge >= 0.3 is 5.97 Å². The van der Waals surface area contributed by atoms with E-state index in [0.29, 0.717) is 36.0 Å². The number of pyridine rings is 1. The van der Waals surface area contributed by atoms with E-state index in [1.807, 2.05) is 0 Å². The first-order chi connectivity index (χ1) is 14.3. The minimum atomic E-state index is -2.73. The molecule has 1 atom stereocenters. The highest BCUT2D eigenvalue weighted by atomic mass is 19.3. The van der Waals surface area contributed by atoms with Crippen molar-refractivity contribution in [2.75, 3.05) is 0 Å². The van der Waals surface area contributed by atoms with Gasteiger partial charge in [0.2, 0.25) is 11.4 Å². The molecule has 1 aliphatic heterocycles. The Labute approximate surface area is 168 Å². The molecule has 0 bridgehead atoms. The number of carboxylic acid groups (broad SMARTS) is 1. The highest BCUT2D eigenvalue weighted by molar-refractivity contribution is 5.91. The number of rotatable bonds is 2. The number of benzene rings is 1. The largest absolute Gasteiger partial charge is 0.477 e. The number of alkyl halides is 2. The zero-order valence-electron chi connectivity index (χ0n) is 15.9. The Kier molecular flexibility index (Phi) is 4.10. The lowest BCUT2D eigenvalue weighted by molar-refractivity contribution is -0.0407. The molecule has 2 aliphatic rings. The van der Waals surface area contributed by atoms with Gasteiger partial charge in [-0.3, -0.25) is 4.79 Å². The molecule has 1 N–H and O–H groups in total. The Balaban J connectivity index is 1.71. The van der Waals surface area contributed by atoms with Crippen LogP contribution in [0.2, 0.25) is 0 Å². The lowest BCUT2D eigenvalue weighted by atomic mass is 9.81. The van der Waals surface area contributed by atoms with Gasteiger partial charge in [-0.15, -0.1) is 0 Å². The first-order valence-corrected chi connectivity index (χ1v) is 9.85. The number of hydrogen-bond acceptors (Lipinski definition) is 3. The lowest BCUT2D eigenvalue weighted by Gasteiger charge is -2.29. The van der Waals surface area contributed by atoms with Gasteiger partial charge in [-0.1, -0.05) is 18.2 Å². The van der Waals surface area contributed by atoms with Crippen molar-refractivity contribution in [3.8, 4) is 11.5 Å². The van der Waals surface area contributed by atoms with E-state index in [1.165, 1.54) is 4.57 Å². The van der Waals surface area contributed by atoms with E-state index in [-0.39, 0.29) is 36.8 Å². The molecule has 0 amide bonds. The van der Waals surface area contributed by atoms with Gasteiger partial charge in [-0.05, 0) is 30.7 Å². The first kappa shape index (κ1) is 19.0. The van der Waals surface area contributed by atoms with Crippen molar-refractivity contribution in [1.82, 2.24) is 4.57 Å². The highest BCUT2D eigenvalue weighted by Gasteiger charge is 2.38. The Morgan fingerprint density at radius 1 is 1.30 bits per heavy atom. The van der Waals surface area contributed by atoms with Crippen LogP contribution in [0.3, 0.4) is 0 Å². The standard InChI is InChI=1S/C22H18F3NO4/c23-16-17-20-14(6-8-26(17)10-15(18(16)27)21(28)29)13-5-1-4-12(19(13)30-20)11-3-2-7-22(24,25)9-11/h1,4-5,10-11H,2-3,6-9H2,(H,28,29). The summed E-state index contributed by atoms with van der Waals surface area (Å²) in [4.78, 5) is 23.5. The zero-order chi connectivity index (χ0) is 21.2. The van der Waals surface area contributed by atoms with E-state index >= 15 is 0 Å². The molecule has 3 heterocycles. The summed E-state index contributed by atoms with van der Waals surface area (Å²) in [5, 5.41) is 9.88. The third-order valence-corrected chi connectivity index (χ3v) is 6.20. The van der Waals surface area contributed by atoms with E-state index in [0.717, 1.165) is 11.6 Å². The van der Waals surface area contributed by atoms with Gasteiger partial charge in [0, 0.05) is 36.5 Å². The van der Waals surface area contributed by atoms with Crippen molar-refractivity contribution in [2.24, 2.45) is 0 Å². The van der Waals surface area contributed by atoms with Crippen molar-refractivity contribution in [1.29, 1.82) is 0 Å². The van der Waals surface area contributed by atoms with E-state index in [4.69, 9.17) is 9.52 Å². The molecule has 3 aromatic rings. The van der Waals surface area contributed by atoms with E-state index in [2.05, 4.69) is 0 Å². The summed E-state index contributed by atoms with van der Waals surface area (Å²) < 4.78 is 50.3. The summed E-state index contributed by atoms with van der Waals surface area (Å²) in [7, 11) is 0. The van der Waals surface area contributed by atoms with Crippen molar-refractivity contribution < 1.29 is 27.5 Å². The fraction of sp³-hybridized carbons (Fsp3) is 0.364. The van der Waals surface area contributed by atoms with Crippen LogP contribution in [0.4, 0.5) is 13.2 Å². The van der Waals surface area contributed by atoms with Crippen LogP contribution in [0, 0.1) is 5.82 Å². The second-order valence-electron chi connectivity index (χ2n) is 8.07. The number of nitrogens with zero attached hydrogens (tertiary/aromatic N) is 1. The average molecular weight is 417 g/mol. The number of aromatic carboxylic acids is 1. The average Bonchev–Trinajstić information content (AvgIpc) is 3.08. The van der Waals surface area contributed by atoms with E-state index in [1.54, 1.807) is 18.2 Å². The second-order valence-corrected chi connectivity index (χ2v) is 8.07. The summed E-state index contributed by atoms with van der Waals surface area (Å²) >= 11 is 0. The van der Waals surface area contributed by atoms with Gasteiger partial charge in [0.15, 0.2) is 11.6 Å². The SMILES string of the molecule is O=C(O)c1cn2c(c(F)c1=O)-c1oc3c(C4CCCC(F)(F)C4)cccc3c1CC2. The summed E-state index contributed by atoms with van der Waals surface area (Å²) in [5.41, 5.74) is -0.126. The maximum absolute atomic E-state index is 14.9. The van der Waals surface area contributed by atoms with Crippen LogP contribution >= 0.6 is 0 Å². The summed E-state index contributed by atoms with van der Waals surface area (Å²) in [6.45, 7) is 0.278. The van der Waals surface area contributed by atoms with Crippen LogP contribution in [-0.2, 0) is 13.0 Å². The molecule has 156 valence electrons. The normalized spacial score (nSPS) is 20.0. The Hall–Kier alpha value is -3.03. The molecule has 2 aromatic heterocycles. The molecule has 0 spiro atoms. The van der Waals surface area contributed by atoms with Gasteiger partial charge in [0.25, 0.3) is 0 Å². The predicted octanol–water partition coefficient (Wildman–Crippen LogP) is 4.95. The molecule has 0 saturated heterocycles. The number of fused-ring (bicyclic) bond motifs is 5. The highest BCUT2D eigenvalue weighted by Crippen LogP contribution is 2.46. The van der Waals surface area contributed by atoms with Gasteiger partial charge in [-0.25, -0.2) is 18.0 Å². The lowest BCUT2D eigenvalue weighted by Crippen LogP contribution is -2.25. The third-order valence-electron chi connectivity index (χ3n) is 6.20. The number of para-hydroxylation sites is 1. The van der Waals surface area contributed by atoms with Crippen LogP contribution in [0.1, 0.15) is 53.1 Å². The van der Waals surface area contributed by atoms with Crippen molar-refractivity contribution in [3.05, 3.63) is 57.1 Å². The molecule has 30 heavy (non-hydrogen) atoms. The molecule has 0 radical (unpaired) electrons. The Bertz CT molecular complexity index is 1260. The molecule has 1 aromatic carbocycles. The molecule has 1 saturated carbocycles. The van der Waals surface area contributed by atoms with Crippen LogP contribution in [0.15, 0.2) is 33.6 Å². The number of furan rings is 1. The second kappa shape index (κ2) is 6.48. The smallest absolute Gasteiger partial charge is 0.341 e. The minimum absolute atomic E-state index is 0.0950. The number of halogens is 3. The Morgan fingerprint density at radius 3 is 2.83 bits per heavy atom. The molecule has 1 aliphatic carbocycles. The van der Waals surface area contributed by atoms with E-state index < -0.39 is 28.7 Å². The maximum Gasteiger partial charge on any atom is 0.341 e. The summed E-state index contributed by atoms with van der Waals surface area (Å²) in [5.74, 6) is -5.61. The topological polar surface area (TPSA) is 72.4 Å². The fourth-order valence-corrected chi connectivity index (χ4v) is 4.81. The predicted molar refractivity (Wildman–Crippen MR) is 103 cm³/mol. The van der Waals surface area contributed by atoms with Crippen LogP contribution in [-0.4, -0.2) is 21.6 Å². The molecule has 8 heteroatoms. The number of aromatic nitrogens is 1. The first-order valence-electron chi connectivity index (χ1n) is 9.85. The molecular weight excluding hydrogens is 399 g/mol. The molecule has 5 rings (SSSR count). The molecule has 1 unspecified atom stereocenters. The van der Waals surface area contributed by atoms with Gasteiger partial charge < -0.3 is 14.1 Å². The third kappa shape index (κ3) is 2.77. The molecule has 1 fully saturated rings. The number of carboxylic acids is 1. The minimum Gasteiger partial charge on any atom is -0.477 e. The van der Waals surface area contributed by atoms with Crippen LogP contribution < -0.4 is 5.43 Å². The van der Waals surface area contributed by atoms with Crippen molar-refractivity contribution in [2.45, 2.75) is 50.5 Å². The number of aryl methyl sites for hydroxylation is 2. The monoisotopic (exact) mass is 417 g/mol. The van der Waals surface area contributed by atoms with Crippen LogP contribution in [0.5, 0.6) is 0 Å². The van der Waals surface area contributed by atoms with Crippen molar-refractivity contribution >= 4 is 16.9 Å². The number of carbonyl (C=O) groups is 1. The molecular formula is C22H18F3NO4. The summed E-state index contributed by atoms with van der Waals surface area (Å²) in [6, 6.07) is 5.35. The van der Waals surface area contributed by atoms with Gasteiger partial charge in [0.05, 0.1) is 0 Å². The van der Waals surface area contributed by atoms with Crippen LogP contribution in [0.25, 0.3) is 22.4 Å².